The molecule has 0 saturated carbocycles. The van der Waals surface area contributed by atoms with E-state index in [2.05, 4.69) is 5.32 Å². The normalized spacial score (nSPS) is 22.8. The molecule has 1 aromatic carbocycles. The fraction of sp³-hybridized carbons (Fsp3) is 0.368. The standard InChI is InChI=1S/C19H17N3O6S/c23-17-19(4-1-2-15-14(19)3-5-29-15)20-18(24)21(17)8-11-6-13(22(25)26)7-12-9-27-10-28-16(11)12/h3,5-7H,1-2,4,8-10H2,(H,20,24)/t19-/m0/s1. The maximum absolute atomic E-state index is 13.4. The summed E-state index contributed by atoms with van der Waals surface area (Å²) in [7, 11) is 0. The zero-order chi connectivity index (χ0) is 20.2. The van der Waals surface area contributed by atoms with Gasteiger partial charge < -0.3 is 14.8 Å². The lowest BCUT2D eigenvalue weighted by molar-refractivity contribution is -0.385. The van der Waals surface area contributed by atoms with Crippen LogP contribution < -0.4 is 10.1 Å². The number of non-ortho nitro benzene ring substituents is 1. The van der Waals surface area contributed by atoms with Crippen molar-refractivity contribution >= 4 is 29.0 Å². The van der Waals surface area contributed by atoms with Crippen LogP contribution in [0.1, 0.15) is 34.4 Å². The summed E-state index contributed by atoms with van der Waals surface area (Å²) in [4.78, 5) is 39.2. The molecule has 1 saturated heterocycles. The molecule has 5 rings (SSSR count). The molecule has 3 heterocycles. The van der Waals surface area contributed by atoms with Crippen LogP contribution in [0.5, 0.6) is 5.75 Å². The van der Waals surface area contributed by atoms with Crippen molar-refractivity contribution < 1.29 is 24.0 Å². The molecule has 1 N–H and O–H groups in total. The summed E-state index contributed by atoms with van der Waals surface area (Å²) in [5.41, 5.74) is 0.627. The largest absolute Gasteiger partial charge is 0.467 e. The number of nitro groups is 1. The fourth-order valence-electron chi connectivity index (χ4n) is 4.36. The molecule has 10 heteroatoms. The second kappa shape index (κ2) is 6.53. The number of urea groups is 1. The third kappa shape index (κ3) is 2.70. The first-order chi connectivity index (χ1) is 14.0. The number of aryl methyl sites for hydroxylation is 1. The van der Waals surface area contributed by atoms with Crippen molar-refractivity contribution in [2.75, 3.05) is 6.79 Å². The van der Waals surface area contributed by atoms with Gasteiger partial charge >= 0.3 is 6.03 Å². The van der Waals surface area contributed by atoms with Gasteiger partial charge in [0.1, 0.15) is 11.3 Å². The maximum Gasteiger partial charge on any atom is 0.325 e. The summed E-state index contributed by atoms with van der Waals surface area (Å²) in [5.74, 6) is 0.109. The molecule has 0 radical (unpaired) electrons. The Morgan fingerprint density at radius 1 is 1.34 bits per heavy atom. The number of nitro benzene ring substituents is 1. The predicted octanol–water partition coefficient (Wildman–Crippen LogP) is 2.81. The topological polar surface area (TPSA) is 111 Å². The lowest BCUT2D eigenvalue weighted by atomic mass is 9.80. The average Bonchev–Trinajstić information content (AvgIpc) is 3.28. The fourth-order valence-corrected chi connectivity index (χ4v) is 5.36. The Bertz CT molecular complexity index is 1050. The van der Waals surface area contributed by atoms with Gasteiger partial charge in [-0.15, -0.1) is 11.3 Å². The molecular formula is C19H17N3O6S. The molecule has 0 bridgehead atoms. The summed E-state index contributed by atoms with van der Waals surface area (Å²) in [6.07, 6.45) is 2.24. The number of thiophene rings is 1. The van der Waals surface area contributed by atoms with Crippen molar-refractivity contribution in [1.82, 2.24) is 10.2 Å². The average molecular weight is 415 g/mol. The van der Waals surface area contributed by atoms with Crippen LogP contribution >= 0.6 is 11.3 Å². The number of carbonyl (C=O) groups is 2. The van der Waals surface area contributed by atoms with Crippen LogP contribution in [0.3, 0.4) is 0 Å². The summed E-state index contributed by atoms with van der Waals surface area (Å²) >= 11 is 1.59. The maximum atomic E-state index is 13.4. The van der Waals surface area contributed by atoms with Crippen molar-refractivity contribution in [3.63, 3.8) is 0 Å². The zero-order valence-electron chi connectivity index (χ0n) is 15.3. The first kappa shape index (κ1) is 18.1. The molecule has 1 atom stereocenters. The number of carbonyl (C=O) groups excluding carboxylic acids is 2. The number of rotatable bonds is 3. The number of ether oxygens (including phenoxy) is 2. The number of benzene rings is 1. The molecule has 0 unspecified atom stereocenters. The van der Waals surface area contributed by atoms with E-state index >= 15 is 0 Å². The third-order valence-corrected chi connectivity index (χ3v) is 6.63. The van der Waals surface area contributed by atoms with Crippen molar-refractivity contribution in [3.8, 4) is 5.75 Å². The summed E-state index contributed by atoms with van der Waals surface area (Å²) in [6.45, 7) is 0.0857. The smallest absolute Gasteiger partial charge is 0.325 e. The molecule has 3 amide bonds. The molecule has 1 aromatic heterocycles. The van der Waals surface area contributed by atoms with E-state index in [-0.39, 0.29) is 31.5 Å². The van der Waals surface area contributed by atoms with E-state index in [4.69, 9.17) is 9.47 Å². The van der Waals surface area contributed by atoms with Gasteiger partial charge in [0, 0.05) is 33.7 Å². The van der Waals surface area contributed by atoms with Crippen molar-refractivity contribution in [3.05, 3.63) is 55.3 Å². The highest BCUT2D eigenvalue weighted by molar-refractivity contribution is 7.10. The molecule has 150 valence electrons. The van der Waals surface area contributed by atoms with Crippen molar-refractivity contribution in [1.29, 1.82) is 0 Å². The Labute approximate surface area is 169 Å². The monoisotopic (exact) mass is 415 g/mol. The van der Waals surface area contributed by atoms with Crippen LogP contribution in [0.25, 0.3) is 0 Å². The molecule has 2 aromatic rings. The van der Waals surface area contributed by atoms with E-state index in [1.807, 2.05) is 11.4 Å². The zero-order valence-corrected chi connectivity index (χ0v) is 16.1. The molecule has 3 aliphatic rings. The number of nitrogens with zero attached hydrogens (tertiary/aromatic N) is 2. The molecule has 1 fully saturated rings. The van der Waals surface area contributed by atoms with Crippen molar-refractivity contribution in [2.24, 2.45) is 0 Å². The van der Waals surface area contributed by atoms with Crippen LogP contribution in [0.4, 0.5) is 10.5 Å². The van der Waals surface area contributed by atoms with Gasteiger partial charge in [-0.3, -0.25) is 19.8 Å². The highest BCUT2D eigenvalue weighted by Gasteiger charge is 2.54. The Hall–Kier alpha value is -2.98. The van der Waals surface area contributed by atoms with E-state index in [1.165, 1.54) is 12.1 Å². The number of nitrogens with one attached hydrogen (secondary N) is 1. The van der Waals surface area contributed by atoms with Crippen LogP contribution in [0, 0.1) is 10.1 Å². The number of amides is 3. The van der Waals surface area contributed by atoms with Gasteiger partial charge in [0.25, 0.3) is 11.6 Å². The van der Waals surface area contributed by atoms with E-state index in [0.717, 1.165) is 28.2 Å². The summed E-state index contributed by atoms with van der Waals surface area (Å²) in [5, 5.41) is 16.1. The lowest BCUT2D eigenvalue weighted by Crippen LogP contribution is -2.46. The molecule has 1 spiro atoms. The van der Waals surface area contributed by atoms with Crippen LogP contribution in [0.15, 0.2) is 23.6 Å². The highest BCUT2D eigenvalue weighted by atomic mass is 32.1. The first-order valence-electron chi connectivity index (χ1n) is 9.21. The Morgan fingerprint density at radius 2 is 2.21 bits per heavy atom. The molecular weight excluding hydrogens is 398 g/mol. The predicted molar refractivity (Wildman–Crippen MR) is 101 cm³/mol. The summed E-state index contributed by atoms with van der Waals surface area (Å²) < 4.78 is 10.8. The first-order valence-corrected chi connectivity index (χ1v) is 10.1. The molecule has 1 aliphatic carbocycles. The van der Waals surface area contributed by atoms with Gasteiger partial charge in [-0.1, -0.05) is 0 Å². The second-order valence-corrected chi connectivity index (χ2v) is 8.30. The molecule has 29 heavy (non-hydrogen) atoms. The van der Waals surface area contributed by atoms with Gasteiger partial charge in [0.2, 0.25) is 0 Å². The van der Waals surface area contributed by atoms with Gasteiger partial charge in [-0.25, -0.2) is 4.79 Å². The molecule has 9 nitrogen and oxygen atoms in total. The minimum Gasteiger partial charge on any atom is -0.467 e. The van der Waals surface area contributed by atoms with Crippen molar-refractivity contribution in [2.45, 2.75) is 38.0 Å². The Kier molecular flexibility index (Phi) is 4.07. The highest BCUT2D eigenvalue weighted by Crippen LogP contribution is 2.43. The summed E-state index contributed by atoms with van der Waals surface area (Å²) in [6, 6.07) is 4.15. The number of imide groups is 1. The molecule has 2 aliphatic heterocycles. The van der Waals surface area contributed by atoms with E-state index in [0.29, 0.717) is 23.3 Å². The van der Waals surface area contributed by atoms with Gasteiger partial charge in [-0.05, 0) is 30.7 Å². The Morgan fingerprint density at radius 3 is 3.03 bits per heavy atom. The van der Waals surface area contributed by atoms with E-state index < -0.39 is 16.5 Å². The minimum absolute atomic E-state index is 0.0140. The third-order valence-electron chi connectivity index (χ3n) is 5.65. The number of hydrogen-bond acceptors (Lipinski definition) is 7. The van der Waals surface area contributed by atoms with E-state index in [9.17, 15) is 19.7 Å². The lowest BCUT2D eigenvalue weighted by Gasteiger charge is -2.31. The van der Waals surface area contributed by atoms with E-state index in [1.54, 1.807) is 11.3 Å². The second-order valence-electron chi connectivity index (χ2n) is 7.30. The van der Waals surface area contributed by atoms with Crippen LogP contribution in [-0.2, 0) is 34.6 Å². The quantitative estimate of drug-likeness (QED) is 0.469. The Balaban J connectivity index is 1.52. The SMILES string of the molecule is O=C1N[C@]2(CCCc3sccc32)C(=O)N1Cc1cc([N+](=O)[O-])cc2c1OCOC2. The van der Waals surface area contributed by atoms with Gasteiger partial charge in [0.05, 0.1) is 18.1 Å². The van der Waals surface area contributed by atoms with Crippen LogP contribution in [-0.4, -0.2) is 28.6 Å². The number of hydrogen-bond donors (Lipinski definition) is 1. The minimum atomic E-state index is -1.05. The number of fused-ring (bicyclic) bond motifs is 3. The van der Waals surface area contributed by atoms with Gasteiger partial charge in [-0.2, -0.15) is 0 Å². The van der Waals surface area contributed by atoms with Crippen LogP contribution in [0.2, 0.25) is 0 Å². The van der Waals surface area contributed by atoms with Gasteiger partial charge in [0.15, 0.2) is 6.79 Å².